The van der Waals surface area contributed by atoms with Crippen LogP contribution in [0.4, 0.5) is 0 Å². The van der Waals surface area contributed by atoms with E-state index in [1.807, 2.05) is 30.7 Å². The van der Waals surface area contributed by atoms with Crippen molar-refractivity contribution in [3.05, 3.63) is 48.4 Å². The molecule has 3 aromatic rings. The van der Waals surface area contributed by atoms with Crippen LogP contribution >= 0.6 is 0 Å². The Morgan fingerprint density at radius 1 is 1.04 bits per heavy atom. The lowest BCUT2D eigenvalue weighted by molar-refractivity contribution is 0.132. The minimum Gasteiger partial charge on any atom is -0.339 e. The molecule has 5 heteroatoms. The molecule has 0 atom stereocenters. The smallest absolute Gasteiger partial charge is 0.138 e. The molecule has 0 bridgehead atoms. The largest absolute Gasteiger partial charge is 0.339 e. The maximum absolute atomic E-state index is 4.50. The summed E-state index contributed by atoms with van der Waals surface area (Å²) in [5.41, 5.74) is 4.56. The number of hydrogen-bond acceptors (Lipinski definition) is 4. The average Bonchev–Trinajstić information content (AvgIpc) is 3.02. The fourth-order valence-corrected chi connectivity index (χ4v) is 3.49. The zero-order chi connectivity index (χ0) is 16.4. The van der Waals surface area contributed by atoms with Gasteiger partial charge in [-0.15, -0.1) is 0 Å². The number of aromatic nitrogens is 3. The van der Waals surface area contributed by atoms with E-state index >= 15 is 0 Å². The number of fused-ring (bicyclic) bond motifs is 1. The van der Waals surface area contributed by atoms with E-state index in [1.54, 1.807) is 0 Å². The molecule has 3 aromatic heterocycles. The van der Waals surface area contributed by atoms with Crippen LogP contribution in [0.2, 0.25) is 0 Å². The first-order valence-electron chi connectivity index (χ1n) is 8.66. The molecule has 0 aliphatic carbocycles. The van der Waals surface area contributed by atoms with Gasteiger partial charge in [-0.25, -0.2) is 4.98 Å². The predicted octanol–water partition coefficient (Wildman–Crippen LogP) is 2.76. The molecule has 1 aliphatic heterocycles. The number of piperazine rings is 1. The Morgan fingerprint density at radius 2 is 1.83 bits per heavy atom. The lowest BCUT2D eigenvalue weighted by Gasteiger charge is -2.34. The summed E-state index contributed by atoms with van der Waals surface area (Å²) >= 11 is 0. The fraction of sp³-hybridized carbons (Fsp3) is 0.368. The summed E-state index contributed by atoms with van der Waals surface area (Å²) < 4.78 is 0. The molecule has 4 heterocycles. The van der Waals surface area contributed by atoms with Gasteiger partial charge in [0.25, 0.3) is 0 Å². The quantitative estimate of drug-likeness (QED) is 0.803. The van der Waals surface area contributed by atoms with Crippen LogP contribution in [0.5, 0.6) is 0 Å². The van der Waals surface area contributed by atoms with Crippen molar-refractivity contribution in [1.29, 1.82) is 0 Å². The van der Waals surface area contributed by atoms with E-state index in [1.165, 1.54) is 10.9 Å². The van der Waals surface area contributed by atoms with E-state index < -0.39 is 0 Å². The minimum atomic E-state index is 0.952. The monoisotopic (exact) mass is 321 g/mol. The van der Waals surface area contributed by atoms with Crippen LogP contribution in [0.25, 0.3) is 22.3 Å². The highest BCUT2D eigenvalue weighted by molar-refractivity contribution is 5.88. The number of hydrogen-bond donors (Lipinski definition) is 1. The van der Waals surface area contributed by atoms with E-state index in [0.29, 0.717) is 0 Å². The normalized spacial score (nSPS) is 16.7. The minimum absolute atomic E-state index is 0.952. The first-order valence-corrected chi connectivity index (χ1v) is 8.66. The van der Waals surface area contributed by atoms with Gasteiger partial charge in [0.15, 0.2) is 0 Å². The standard InChI is InChI=1S/C19H23N5/c1-2-23-9-11-24(12-10-23)14-17-16-6-4-8-21-19(16)22-18(17)15-5-3-7-20-13-15/h3-8,13H,2,9-12,14H2,1H3,(H,21,22). The summed E-state index contributed by atoms with van der Waals surface area (Å²) in [7, 11) is 0. The number of H-pyrrole nitrogens is 1. The van der Waals surface area contributed by atoms with Gasteiger partial charge in [-0.2, -0.15) is 0 Å². The number of aromatic amines is 1. The summed E-state index contributed by atoms with van der Waals surface area (Å²) in [4.78, 5) is 17.3. The molecule has 1 fully saturated rings. The fourth-order valence-electron chi connectivity index (χ4n) is 3.49. The second-order valence-electron chi connectivity index (χ2n) is 6.33. The van der Waals surface area contributed by atoms with Crippen LogP contribution in [0, 0.1) is 0 Å². The molecule has 1 saturated heterocycles. The third kappa shape index (κ3) is 2.92. The Labute approximate surface area is 142 Å². The molecule has 5 nitrogen and oxygen atoms in total. The predicted molar refractivity (Wildman–Crippen MR) is 96.7 cm³/mol. The molecule has 1 N–H and O–H groups in total. The van der Waals surface area contributed by atoms with Gasteiger partial charge in [0.05, 0.1) is 5.69 Å². The SMILES string of the molecule is CCN1CCN(Cc2c(-c3cccnc3)[nH]c3ncccc23)CC1. The first kappa shape index (κ1) is 15.3. The summed E-state index contributed by atoms with van der Waals surface area (Å²) in [6, 6.07) is 8.27. The van der Waals surface area contributed by atoms with Crippen molar-refractivity contribution in [1.82, 2.24) is 24.8 Å². The maximum atomic E-state index is 4.50. The van der Waals surface area contributed by atoms with Gasteiger partial charge < -0.3 is 9.88 Å². The maximum Gasteiger partial charge on any atom is 0.138 e. The molecule has 0 aromatic carbocycles. The molecule has 0 unspecified atom stereocenters. The summed E-state index contributed by atoms with van der Waals surface area (Å²) in [5.74, 6) is 0. The average molecular weight is 321 g/mol. The lowest BCUT2D eigenvalue weighted by Crippen LogP contribution is -2.45. The molecule has 124 valence electrons. The van der Waals surface area contributed by atoms with Crippen molar-refractivity contribution in [2.45, 2.75) is 13.5 Å². The van der Waals surface area contributed by atoms with Gasteiger partial charge in [-0.1, -0.05) is 6.92 Å². The number of pyridine rings is 2. The van der Waals surface area contributed by atoms with E-state index in [0.717, 1.165) is 56.2 Å². The third-order valence-electron chi connectivity index (χ3n) is 4.92. The Hall–Kier alpha value is -2.24. The van der Waals surface area contributed by atoms with E-state index in [9.17, 15) is 0 Å². The number of rotatable bonds is 4. The second kappa shape index (κ2) is 6.71. The van der Waals surface area contributed by atoms with E-state index in [4.69, 9.17) is 0 Å². The van der Waals surface area contributed by atoms with Gasteiger partial charge >= 0.3 is 0 Å². The van der Waals surface area contributed by atoms with Crippen molar-refractivity contribution in [2.75, 3.05) is 32.7 Å². The number of nitrogens with zero attached hydrogens (tertiary/aromatic N) is 4. The van der Waals surface area contributed by atoms with Gasteiger partial charge in [-0.05, 0) is 30.8 Å². The highest BCUT2D eigenvalue weighted by Gasteiger charge is 2.20. The zero-order valence-electron chi connectivity index (χ0n) is 14.1. The molecule has 24 heavy (non-hydrogen) atoms. The van der Waals surface area contributed by atoms with Crippen LogP contribution in [0.1, 0.15) is 12.5 Å². The summed E-state index contributed by atoms with van der Waals surface area (Å²) in [6.07, 6.45) is 5.58. The molecule has 0 spiro atoms. The van der Waals surface area contributed by atoms with Crippen LogP contribution in [-0.2, 0) is 6.54 Å². The van der Waals surface area contributed by atoms with Gasteiger partial charge in [0.2, 0.25) is 0 Å². The molecular formula is C19H23N5. The Kier molecular flexibility index (Phi) is 4.28. The topological polar surface area (TPSA) is 48.0 Å². The Balaban J connectivity index is 1.68. The van der Waals surface area contributed by atoms with Crippen molar-refractivity contribution < 1.29 is 0 Å². The Bertz CT molecular complexity index is 803. The lowest BCUT2D eigenvalue weighted by atomic mass is 10.1. The van der Waals surface area contributed by atoms with E-state index in [2.05, 4.69) is 43.8 Å². The molecule has 0 saturated carbocycles. The molecular weight excluding hydrogens is 298 g/mol. The first-order chi connectivity index (χ1) is 11.8. The van der Waals surface area contributed by atoms with Crippen LogP contribution in [0.15, 0.2) is 42.9 Å². The van der Waals surface area contributed by atoms with Crippen molar-refractivity contribution in [2.24, 2.45) is 0 Å². The van der Waals surface area contributed by atoms with Crippen molar-refractivity contribution >= 4 is 11.0 Å². The molecule has 4 rings (SSSR count). The molecule has 1 aliphatic rings. The van der Waals surface area contributed by atoms with Crippen LogP contribution in [-0.4, -0.2) is 57.5 Å². The second-order valence-corrected chi connectivity index (χ2v) is 6.33. The van der Waals surface area contributed by atoms with Gasteiger partial charge in [-0.3, -0.25) is 9.88 Å². The number of likely N-dealkylation sites (N-methyl/N-ethyl adjacent to an activating group) is 1. The summed E-state index contributed by atoms with van der Waals surface area (Å²) in [6.45, 7) is 8.87. The van der Waals surface area contributed by atoms with Crippen LogP contribution in [0.3, 0.4) is 0 Å². The van der Waals surface area contributed by atoms with Gasteiger partial charge in [0, 0.05) is 67.8 Å². The van der Waals surface area contributed by atoms with Crippen molar-refractivity contribution in [3.63, 3.8) is 0 Å². The highest BCUT2D eigenvalue weighted by atomic mass is 15.3. The highest BCUT2D eigenvalue weighted by Crippen LogP contribution is 2.30. The van der Waals surface area contributed by atoms with E-state index in [-0.39, 0.29) is 0 Å². The third-order valence-corrected chi connectivity index (χ3v) is 4.92. The number of nitrogens with one attached hydrogen (secondary N) is 1. The summed E-state index contributed by atoms with van der Waals surface area (Å²) in [5, 5.41) is 1.22. The molecule has 0 amide bonds. The zero-order valence-corrected chi connectivity index (χ0v) is 14.1. The Morgan fingerprint density at radius 3 is 2.58 bits per heavy atom. The van der Waals surface area contributed by atoms with Crippen LogP contribution < -0.4 is 0 Å². The van der Waals surface area contributed by atoms with Gasteiger partial charge in [0.1, 0.15) is 5.65 Å². The molecule has 0 radical (unpaired) electrons. The van der Waals surface area contributed by atoms with Crippen molar-refractivity contribution in [3.8, 4) is 11.3 Å².